The molecule has 1 aliphatic heterocycles. The minimum Gasteiger partial charge on any atom is -0.384 e. The molecule has 2 heteroatoms. The van der Waals surface area contributed by atoms with E-state index >= 15 is 0 Å². The number of rotatable bonds is 1. The molecule has 2 aromatic carbocycles. The van der Waals surface area contributed by atoms with Crippen LogP contribution in [0.4, 0.5) is 5.69 Å². The summed E-state index contributed by atoms with van der Waals surface area (Å²) in [5.74, 6) is 0.245. The van der Waals surface area contributed by atoms with E-state index in [1.165, 1.54) is 5.56 Å². The Balaban J connectivity index is 2.06. The average molecular weight is 237 g/mol. The Kier molecular flexibility index (Phi) is 2.85. The minimum absolute atomic E-state index is 0.245. The lowest BCUT2D eigenvalue weighted by atomic mass is 10.00. The SMILES string of the molecule is O=C1CCCNc2cc(-c3ccccc3)ccc21. The van der Waals surface area contributed by atoms with Crippen LogP contribution in [-0.2, 0) is 0 Å². The largest absolute Gasteiger partial charge is 0.384 e. The highest BCUT2D eigenvalue weighted by Gasteiger charge is 2.15. The number of Topliss-reactive ketones (excluding diaryl/α,β-unsaturated/α-hetero) is 1. The predicted octanol–water partition coefficient (Wildman–Crippen LogP) is 3.74. The summed E-state index contributed by atoms with van der Waals surface area (Å²) in [5, 5.41) is 3.34. The zero-order chi connectivity index (χ0) is 12.4. The molecule has 0 spiro atoms. The summed E-state index contributed by atoms with van der Waals surface area (Å²) in [6.07, 6.45) is 1.55. The molecule has 0 amide bonds. The molecule has 0 saturated carbocycles. The first-order chi connectivity index (χ1) is 8.84. The molecule has 0 unspecified atom stereocenters. The average Bonchev–Trinajstić information content (AvgIpc) is 2.61. The maximum atomic E-state index is 11.9. The third kappa shape index (κ3) is 2.02. The van der Waals surface area contributed by atoms with Gasteiger partial charge in [0.25, 0.3) is 0 Å². The van der Waals surface area contributed by atoms with E-state index in [4.69, 9.17) is 0 Å². The van der Waals surface area contributed by atoms with Crippen molar-refractivity contribution in [3.8, 4) is 11.1 Å². The highest BCUT2D eigenvalue weighted by atomic mass is 16.1. The van der Waals surface area contributed by atoms with Crippen LogP contribution >= 0.6 is 0 Å². The molecule has 0 aromatic heterocycles. The zero-order valence-corrected chi connectivity index (χ0v) is 10.1. The van der Waals surface area contributed by atoms with Crippen LogP contribution in [0.2, 0.25) is 0 Å². The number of carbonyl (C=O) groups is 1. The minimum atomic E-state index is 0.245. The van der Waals surface area contributed by atoms with Gasteiger partial charge in [0.2, 0.25) is 0 Å². The number of hydrogen-bond donors (Lipinski definition) is 1. The van der Waals surface area contributed by atoms with Gasteiger partial charge < -0.3 is 5.32 Å². The van der Waals surface area contributed by atoms with Gasteiger partial charge in [-0.2, -0.15) is 0 Å². The van der Waals surface area contributed by atoms with Crippen molar-refractivity contribution >= 4 is 11.5 Å². The summed E-state index contributed by atoms with van der Waals surface area (Å²) in [4.78, 5) is 11.9. The van der Waals surface area contributed by atoms with Crippen molar-refractivity contribution < 1.29 is 4.79 Å². The van der Waals surface area contributed by atoms with Crippen molar-refractivity contribution in [2.45, 2.75) is 12.8 Å². The summed E-state index contributed by atoms with van der Waals surface area (Å²) < 4.78 is 0. The molecule has 0 atom stereocenters. The number of nitrogens with one attached hydrogen (secondary N) is 1. The topological polar surface area (TPSA) is 29.1 Å². The van der Waals surface area contributed by atoms with E-state index in [0.717, 1.165) is 29.8 Å². The van der Waals surface area contributed by atoms with Crippen LogP contribution in [0.5, 0.6) is 0 Å². The van der Waals surface area contributed by atoms with Crippen LogP contribution in [0, 0.1) is 0 Å². The Morgan fingerprint density at radius 1 is 0.944 bits per heavy atom. The van der Waals surface area contributed by atoms with Gasteiger partial charge >= 0.3 is 0 Å². The molecule has 18 heavy (non-hydrogen) atoms. The smallest absolute Gasteiger partial charge is 0.165 e. The molecule has 2 aromatic rings. The van der Waals surface area contributed by atoms with Crippen LogP contribution in [0.1, 0.15) is 23.2 Å². The van der Waals surface area contributed by atoms with E-state index in [9.17, 15) is 4.79 Å². The summed E-state index contributed by atoms with van der Waals surface area (Å²) in [6.45, 7) is 0.872. The van der Waals surface area contributed by atoms with Crippen molar-refractivity contribution in [3.05, 3.63) is 54.1 Å². The molecule has 0 aliphatic carbocycles. The highest BCUT2D eigenvalue weighted by Crippen LogP contribution is 2.28. The molecule has 1 aliphatic rings. The van der Waals surface area contributed by atoms with Crippen LogP contribution < -0.4 is 5.32 Å². The van der Waals surface area contributed by atoms with Gasteiger partial charge in [0.15, 0.2) is 5.78 Å². The third-order valence-electron chi connectivity index (χ3n) is 3.32. The van der Waals surface area contributed by atoms with Crippen molar-refractivity contribution in [1.29, 1.82) is 0 Å². The molecule has 0 saturated heterocycles. The van der Waals surface area contributed by atoms with Gasteiger partial charge in [0.1, 0.15) is 0 Å². The summed E-state index contributed by atoms with van der Waals surface area (Å²) in [5.41, 5.74) is 4.13. The molecule has 0 bridgehead atoms. The maximum Gasteiger partial charge on any atom is 0.165 e. The summed E-state index contributed by atoms with van der Waals surface area (Å²) in [7, 11) is 0. The molecule has 90 valence electrons. The number of hydrogen-bond acceptors (Lipinski definition) is 2. The number of carbonyl (C=O) groups excluding carboxylic acids is 1. The maximum absolute atomic E-state index is 11.9. The number of fused-ring (bicyclic) bond motifs is 1. The van der Waals surface area contributed by atoms with E-state index < -0.39 is 0 Å². The number of ketones is 1. The third-order valence-corrected chi connectivity index (χ3v) is 3.32. The summed E-state index contributed by atoms with van der Waals surface area (Å²) in [6, 6.07) is 16.3. The van der Waals surface area contributed by atoms with E-state index in [0.29, 0.717) is 6.42 Å². The van der Waals surface area contributed by atoms with Gasteiger partial charge in [0.05, 0.1) is 0 Å². The van der Waals surface area contributed by atoms with E-state index in [2.05, 4.69) is 23.5 Å². The molecular formula is C16H15NO. The van der Waals surface area contributed by atoms with Gasteiger partial charge in [0, 0.05) is 24.2 Å². The lowest BCUT2D eigenvalue weighted by Crippen LogP contribution is -2.00. The fraction of sp³-hybridized carbons (Fsp3) is 0.188. The lowest BCUT2D eigenvalue weighted by Gasteiger charge is -2.09. The second kappa shape index (κ2) is 4.65. The van der Waals surface area contributed by atoms with Crippen molar-refractivity contribution in [2.24, 2.45) is 0 Å². The molecule has 0 fully saturated rings. The Morgan fingerprint density at radius 2 is 1.78 bits per heavy atom. The Hall–Kier alpha value is -2.09. The van der Waals surface area contributed by atoms with Crippen molar-refractivity contribution in [3.63, 3.8) is 0 Å². The standard InChI is InChI=1S/C16H15NO/c18-16-7-4-10-17-15-11-13(8-9-14(15)16)12-5-2-1-3-6-12/h1-3,5-6,8-9,11,17H,4,7,10H2. The second-order valence-electron chi connectivity index (χ2n) is 4.58. The quantitative estimate of drug-likeness (QED) is 0.818. The molecule has 1 N–H and O–H groups in total. The van der Waals surface area contributed by atoms with E-state index in [-0.39, 0.29) is 5.78 Å². The fourth-order valence-electron chi connectivity index (χ4n) is 2.35. The van der Waals surface area contributed by atoms with Gasteiger partial charge in [-0.3, -0.25) is 4.79 Å². The zero-order valence-electron chi connectivity index (χ0n) is 10.1. The Bertz CT molecular complexity index is 575. The normalized spacial score (nSPS) is 14.6. The summed E-state index contributed by atoms with van der Waals surface area (Å²) >= 11 is 0. The molecular weight excluding hydrogens is 222 g/mol. The van der Waals surface area contributed by atoms with Crippen LogP contribution in [0.3, 0.4) is 0 Å². The van der Waals surface area contributed by atoms with Gasteiger partial charge in [-0.15, -0.1) is 0 Å². The molecule has 3 rings (SSSR count). The van der Waals surface area contributed by atoms with Crippen LogP contribution in [0.25, 0.3) is 11.1 Å². The molecule has 2 nitrogen and oxygen atoms in total. The van der Waals surface area contributed by atoms with Crippen LogP contribution in [0.15, 0.2) is 48.5 Å². The van der Waals surface area contributed by atoms with Gasteiger partial charge in [-0.25, -0.2) is 0 Å². The van der Waals surface area contributed by atoms with Crippen molar-refractivity contribution in [1.82, 2.24) is 0 Å². The first-order valence-corrected chi connectivity index (χ1v) is 6.31. The molecule has 1 heterocycles. The monoisotopic (exact) mass is 237 g/mol. The fourth-order valence-corrected chi connectivity index (χ4v) is 2.35. The number of benzene rings is 2. The second-order valence-corrected chi connectivity index (χ2v) is 4.58. The van der Waals surface area contributed by atoms with Gasteiger partial charge in [-0.05, 0) is 29.7 Å². The van der Waals surface area contributed by atoms with Crippen molar-refractivity contribution in [2.75, 3.05) is 11.9 Å². The first kappa shape index (κ1) is 11.0. The van der Waals surface area contributed by atoms with Gasteiger partial charge in [-0.1, -0.05) is 36.4 Å². The number of anilines is 1. The van der Waals surface area contributed by atoms with E-state index in [1.54, 1.807) is 0 Å². The lowest BCUT2D eigenvalue weighted by molar-refractivity contribution is 0.0984. The van der Waals surface area contributed by atoms with E-state index in [1.807, 2.05) is 30.3 Å². The Morgan fingerprint density at radius 3 is 2.61 bits per heavy atom. The highest BCUT2D eigenvalue weighted by molar-refractivity contribution is 6.02. The Labute approximate surface area is 107 Å². The predicted molar refractivity (Wildman–Crippen MR) is 73.9 cm³/mol. The molecule has 0 radical (unpaired) electrons. The van der Waals surface area contributed by atoms with Crippen LogP contribution in [-0.4, -0.2) is 12.3 Å². The first-order valence-electron chi connectivity index (χ1n) is 6.31.